The Kier molecular flexibility index (Phi) is 4.92. The topological polar surface area (TPSA) is 94.8 Å². The molecule has 8 heteroatoms. The molecular weight excluding hydrogens is 362 g/mol. The second kappa shape index (κ2) is 7.67. The molecule has 1 atom stereocenters. The molecule has 28 heavy (non-hydrogen) atoms. The molecule has 2 aromatic heterocycles. The Labute approximate surface area is 160 Å². The maximum Gasteiger partial charge on any atom is 0.289 e. The average molecular weight is 381 g/mol. The predicted octanol–water partition coefficient (Wildman–Crippen LogP) is 2.28. The van der Waals surface area contributed by atoms with E-state index in [1.54, 1.807) is 41.3 Å². The van der Waals surface area contributed by atoms with Gasteiger partial charge in [0.1, 0.15) is 11.7 Å². The minimum Gasteiger partial charge on any atom is -0.480 e. The summed E-state index contributed by atoms with van der Waals surface area (Å²) in [5, 5.41) is 8.29. The smallest absolute Gasteiger partial charge is 0.289 e. The molecule has 0 bridgehead atoms. The molecule has 4 rings (SSSR count). The van der Waals surface area contributed by atoms with Crippen molar-refractivity contribution in [3.05, 3.63) is 58.4 Å². The molecule has 0 spiro atoms. The van der Waals surface area contributed by atoms with Crippen LogP contribution in [0, 0.1) is 0 Å². The molecule has 0 aliphatic carbocycles. The summed E-state index contributed by atoms with van der Waals surface area (Å²) in [6, 6.07) is 11.5. The van der Waals surface area contributed by atoms with Gasteiger partial charge < -0.3 is 18.8 Å². The number of rotatable bonds is 4. The van der Waals surface area contributed by atoms with Gasteiger partial charge in [0.2, 0.25) is 11.8 Å². The first-order valence-corrected chi connectivity index (χ1v) is 9.00. The summed E-state index contributed by atoms with van der Waals surface area (Å²) >= 11 is 0. The molecule has 1 aliphatic heterocycles. The number of benzene rings is 1. The van der Waals surface area contributed by atoms with Crippen molar-refractivity contribution >= 4 is 16.9 Å². The van der Waals surface area contributed by atoms with Crippen LogP contribution >= 0.6 is 0 Å². The highest BCUT2D eigenvalue weighted by atomic mass is 16.5. The van der Waals surface area contributed by atoms with Crippen LogP contribution < -0.4 is 14.9 Å². The largest absolute Gasteiger partial charge is 0.480 e. The van der Waals surface area contributed by atoms with Crippen molar-refractivity contribution in [3.63, 3.8) is 0 Å². The molecule has 8 nitrogen and oxygen atoms in total. The highest BCUT2D eigenvalue weighted by Gasteiger charge is 2.27. The summed E-state index contributed by atoms with van der Waals surface area (Å²) in [5.74, 6) is 0.488. The standard InChI is InChI=1S/C20H19N3O5/c1-26-18-8-9-19(22-21-18)27-13-5-4-10-23(12-13)20(25)17-11-15(24)14-6-2-3-7-16(14)28-17/h2-3,6-9,11,13H,4-5,10,12H2,1H3. The van der Waals surface area contributed by atoms with E-state index in [2.05, 4.69) is 10.2 Å². The van der Waals surface area contributed by atoms with Gasteiger partial charge in [0.25, 0.3) is 5.91 Å². The number of nitrogens with zero attached hydrogens (tertiary/aromatic N) is 3. The zero-order valence-corrected chi connectivity index (χ0v) is 15.3. The number of amides is 1. The molecule has 1 aromatic carbocycles. The zero-order chi connectivity index (χ0) is 19.5. The maximum atomic E-state index is 12.9. The van der Waals surface area contributed by atoms with Gasteiger partial charge in [-0.3, -0.25) is 9.59 Å². The van der Waals surface area contributed by atoms with Crippen LogP contribution in [-0.2, 0) is 0 Å². The van der Waals surface area contributed by atoms with Crippen molar-refractivity contribution < 1.29 is 18.7 Å². The normalized spacial score (nSPS) is 16.8. The van der Waals surface area contributed by atoms with E-state index in [0.29, 0.717) is 35.8 Å². The number of methoxy groups -OCH3 is 1. The summed E-state index contributed by atoms with van der Waals surface area (Å²) in [5.41, 5.74) is 0.167. The van der Waals surface area contributed by atoms with Crippen molar-refractivity contribution in [1.29, 1.82) is 0 Å². The van der Waals surface area contributed by atoms with E-state index in [4.69, 9.17) is 13.9 Å². The lowest BCUT2D eigenvalue weighted by atomic mass is 10.1. The number of aromatic nitrogens is 2. The number of ether oxygens (including phenoxy) is 2. The van der Waals surface area contributed by atoms with Gasteiger partial charge >= 0.3 is 0 Å². The van der Waals surface area contributed by atoms with Crippen LogP contribution in [0.2, 0.25) is 0 Å². The van der Waals surface area contributed by atoms with Gasteiger partial charge in [-0.25, -0.2) is 0 Å². The first kappa shape index (κ1) is 18.0. The number of hydrogen-bond acceptors (Lipinski definition) is 7. The third kappa shape index (κ3) is 3.66. The van der Waals surface area contributed by atoms with E-state index in [9.17, 15) is 9.59 Å². The number of likely N-dealkylation sites (tertiary alicyclic amines) is 1. The highest BCUT2D eigenvalue weighted by molar-refractivity contribution is 5.93. The van der Waals surface area contributed by atoms with Gasteiger partial charge in [0.15, 0.2) is 11.2 Å². The van der Waals surface area contributed by atoms with Crippen molar-refractivity contribution in [1.82, 2.24) is 15.1 Å². The number of piperidine rings is 1. The first-order chi connectivity index (χ1) is 13.6. The maximum absolute atomic E-state index is 12.9. The predicted molar refractivity (Wildman–Crippen MR) is 101 cm³/mol. The van der Waals surface area contributed by atoms with Gasteiger partial charge in [-0.2, -0.15) is 0 Å². The average Bonchev–Trinajstić information content (AvgIpc) is 2.74. The van der Waals surface area contributed by atoms with E-state index in [0.717, 1.165) is 12.8 Å². The molecule has 144 valence electrons. The van der Waals surface area contributed by atoms with Crippen LogP contribution in [0.15, 0.2) is 51.7 Å². The van der Waals surface area contributed by atoms with Crippen LogP contribution in [-0.4, -0.2) is 47.3 Å². The highest BCUT2D eigenvalue weighted by Crippen LogP contribution is 2.20. The Morgan fingerprint density at radius 2 is 1.96 bits per heavy atom. The molecule has 1 fully saturated rings. The monoisotopic (exact) mass is 381 g/mol. The van der Waals surface area contributed by atoms with Crippen LogP contribution in [0.25, 0.3) is 11.0 Å². The fraction of sp³-hybridized carbons (Fsp3) is 0.300. The molecule has 0 saturated carbocycles. The molecule has 1 aliphatic rings. The SMILES string of the molecule is COc1ccc(OC2CCCN(C(=O)c3cc(=O)c4ccccc4o3)C2)nn1. The number of fused-ring (bicyclic) bond motifs is 1. The first-order valence-electron chi connectivity index (χ1n) is 9.00. The Morgan fingerprint density at radius 3 is 2.75 bits per heavy atom. The Morgan fingerprint density at radius 1 is 1.18 bits per heavy atom. The molecule has 1 amide bonds. The molecule has 3 heterocycles. The van der Waals surface area contributed by atoms with E-state index < -0.39 is 0 Å². The van der Waals surface area contributed by atoms with E-state index in [1.165, 1.54) is 13.2 Å². The van der Waals surface area contributed by atoms with Crippen LogP contribution in [0.5, 0.6) is 11.8 Å². The lowest BCUT2D eigenvalue weighted by Gasteiger charge is -2.32. The van der Waals surface area contributed by atoms with E-state index in [-0.39, 0.29) is 23.2 Å². The lowest BCUT2D eigenvalue weighted by Crippen LogP contribution is -2.44. The van der Waals surface area contributed by atoms with Crippen LogP contribution in [0.4, 0.5) is 0 Å². The fourth-order valence-corrected chi connectivity index (χ4v) is 3.23. The quantitative estimate of drug-likeness (QED) is 0.684. The zero-order valence-electron chi connectivity index (χ0n) is 15.3. The Bertz CT molecular complexity index is 1050. The minimum atomic E-state index is -0.322. The fourth-order valence-electron chi connectivity index (χ4n) is 3.23. The number of hydrogen-bond donors (Lipinski definition) is 0. The molecule has 1 saturated heterocycles. The molecule has 1 unspecified atom stereocenters. The third-order valence-corrected chi connectivity index (χ3v) is 4.62. The summed E-state index contributed by atoms with van der Waals surface area (Å²) in [7, 11) is 1.51. The van der Waals surface area contributed by atoms with Crippen molar-refractivity contribution in [2.45, 2.75) is 18.9 Å². The van der Waals surface area contributed by atoms with Gasteiger partial charge in [-0.05, 0) is 25.0 Å². The molecule has 0 N–H and O–H groups in total. The Balaban J connectivity index is 1.49. The van der Waals surface area contributed by atoms with Crippen LogP contribution in [0.1, 0.15) is 23.4 Å². The van der Waals surface area contributed by atoms with E-state index in [1.807, 2.05) is 0 Å². The summed E-state index contributed by atoms with van der Waals surface area (Å²) in [4.78, 5) is 26.8. The molecule has 3 aromatic rings. The van der Waals surface area contributed by atoms with Crippen LogP contribution in [0.3, 0.4) is 0 Å². The minimum absolute atomic E-state index is 0.0357. The number of carbonyl (C=O) groups is 1. The Hall–Kier alpha value is -3.42. The lowest BCUT2D eigenvalue weighted by molar-refractivity contribution is 0.0498. The third-order valence-electron chi connectivity index (χ3n) is 4.62. The van der Waals surface area contributed by atoms with Gasteiger partial charge in [-0.15, -0.1) is 10.2 Å². The summed E-state index contributed by atoms with van der Waals surface area (Å²) < 4.78 is 16.5. The summed E-state index contributed by atoms with van der Waals surface area (Å²) in [6.07, 6.45) is 1.35. The van der Waals surface area contributed by atoms with Gasteiger partial charge in [0, 0.05) is 24.7 Å². The number of carbonyl (C=O) groups excluding carboxylic acids is 1. The number of para-hydroxylation sites is 1. The van der Waals surface area contributed by atoms with Crippen molar-refractivity contribution in [3.8, 4) is 11.8 Å². The second-order valence-electron chi connectivity index (χ2n) is 6.52. The van der Waals surface area contributed by atoms with Crippen molar-refractivity contribution in [2.24, 2.45) is 0 Å². The van der Waals surface area contributed by atoms with Crippen molar-refractivity contribution in [2.75, 3.05) is 20.2 Å². The summed E-state index contributed by atoms with van der Waals surface area (Å²) in [6.45, 7) is 0.951. The molecule has 0 radical (unpaired) electrons. The van der Waals surface area contributed by atoms with E-state index >= 15 is 0 Å². The molecular formula is C20H19N3O5. The second-order valence-corrected chi connectivity index (χ2v) is 6.52. The van der Waals surface area contributed by atoms with Gasteiger partial charge in [-0.1, -0.05) is 12.1 Å². The van der Waals surface area contributed by atoms with Gasteiger partial charge in [0.05, 0.1) is 19.0 Å².